The zero-order valence-electron chi connectivity index (χ0n) is 16.8. The lowest BCUT2D eigenvalue weighted by Gasteiger charge is -2.35. The molecule has 152 valence electrons. The number of benzene rings is 1. The van der Waals surface area contributed by atoms with Crippen molar-refractivity contribution in [2.75, 3.05) is 12.3 Å². The summed E-state index contributed by atoms with van der Waals surface area (Å²) in [6.45, 7) is 7.67. The molecule has 1 saturated heterocycles. The predicted molar refractivity (Wildman–Crippen MR) is 116 cm³/mol. The number of nitrogens with zero attached hydrogens (tertiary/aromatic N) is 3. The van der Waals surface area contributed by atoms with Crippen LogP contribution in [0.5, 0.6) is 0 Å². The van der Waals surface area contributed by atoms with Gasteiger partial charge in [-0.25, -0.2) is 4.98 Å². The van der Waals surface area contributed by atoms with Crippen LogP contribution in [0.2, 0.25) is 5.02 Å². The van der Waals surface area contributed by atoms with Crippen molar-refractivity contribution < 1.29 is 4.79 Å². The molecule has 1 atom stereocenters. The van der Waals surface area contributed by atoms with Gasteiger partial charge in [-0.2, -0.15) is 0 Å². The van der Waals surface area contributed by atoms with Crippen molar-refractivity contribution in [2.24, 2.45) is 5.92 Å². The number of piperidine rings is 1. The van der Waals surface area contributed by atoms with Crippen LogP contribution in [0.3, 0.4) is 0 Å². The van der Waals surface area contributed by atoms with E-state index in [-0.39, 0.29) is 11.5 Å². The van der Waals surface area contributed by atoms with Crippen LogP contribution in [-0.2, 0) is 11.3 Å². The van der Waals surface area contributed by atoms with Crippen molar-refractivity contribution in [1.29, 1.82) is 0 Å². The number of rotatable bonds is 6. The first-order valence-corrected chi connectivity index (χ1v) is 11.4. The van der Waals surface area contributed by atoms with Gasteiger partial charge in [0.1, 0.15) is 0 Å². The van der Waals surface area contributed by atoms with Crippen LogP contribution in [0.4, 0.5) is 0 Å². The molecule has 0 N–H and O–H groups in total. The average molecular weight is 422 g/mol. The number of thioether (sulfide) groups is 1. The van der Waals surface area contributed by atoms with Crippen molar-refractivity contribution in [2.45, 2.75) is 64.2 Å². The fourth-order valence-corrected chi connectivity index (χ4v) is 4.83. The zero-order chi connectivity index (χ0) is 20.3. The van der Waals surface area contributed by atoms with Gasteiger partial charge in [0.2, 0.25) is 5.91 Å². The monoisotopic (exact) mass is 421 g/mol. The number of hydrogen-bond donors (Lipinski definition) is 0. The summed E-state index contributed by atoms with van der Waals surface area (Å²) in [5, 5.41) is 1.70. The molecular weight excluding hydrogens is 394 g/mol. The average Bonchev–Trinajstić information content (AvgIpc) is 2.68. The SMILES string of the molecule is CC[C@@H]1CCCCN1C(=O)CSc1nc2cc(Cl)ccc2c(=O)n1CC(C)C. The first-order chi connectivity index (χ1) is 13.4. The van der Waals surface area contributed by atoms with E-state index in [1.54, 1.807) is 22.8 Å². The van der Waals surface area contributed by atoms with Gasteiger partial charge in [-0.3, -0.25) is 14.2 Å². The standard InChI is InChI=1S/C21H28ClN3O2S/c1-4-16-7-5-6-10-24(16)19(26)13-28-21-23-18-11-15(22)8-9-17(18)20(27)25(21)12-14(2)3/h8-9,11,14,16H,4-7,10,12-13H2,1-3H3/t16-/m1/s1. The van der Waals surface area contributed by atoms with E-state index in [9.17, 15) is 9.59 Å². The molecule has 2 aromatic rings. The lowest BCUT2D eigenvalue weighted by molar-refractivity contribution is -0.132. The van der Waals surface area contributed by atoms with Gasteiger partial charge in [-0.15, -0.1) is 0 Å². The third-order valence-electron chi connectivity index (χ3n) is 5.17. The summed E-state index contributed by atoms with van der Waals surface area (Å²) in [5.41, 5.74) is 0.506. The van der Waals surface area contributed by atoms with Gasteiger partial charge < -0.3 is 4.90 Å². The first kappa shape index (κ1) is 21.2. The Labute approximate surface area is 175 Å². The topological polar surface area (TPSA) is 55.2 Å². The Hall–Kier alpha value is -1.53. The maximum atomic E-state index is 13.0. The van der Waals surface area contributed by atoms with E-state index >= 15 is 0 Å². The fourth-order valence-electron chi connectivity index (χ4n) is 3.77. The van der Waals surface area contributed by atoms with Gasteiger partial charge in [0.25, 0.3) is 5.56 Å². The van der Waals surface area contributed by atoms with Crippen molar-refractivity contribution in [1.82, 2.24) is 14.5 Å². The molecule has 3 rings (SSSR count). The quantitative estimate of drug-likeness (QED) is 0.505. The van der Waals surface area contributed by atoms with Crippen molar-refractivity contribution in [3.8, 4) is 0 Å². The van der Waals surface area contributed by atoms with Crippen molar-refractivity contribution in [3.05, 3.63) is 33.6 Å². The van der Waals surface area contributed by atoms with Crippen LogP contribution in [0.15, 0.2) is 28.2 Å². The summed E-state index contributed by atoms with van der Waals surface area (Å²) in [6, 6.07) is 5.48. The van der Waals surface area contributed by atoms with Gasteiger partial charge in [0, 0.05) is 24.2 Å². The second kappa shape index (κ2) is 9.31. The maximum absolute atomic E-state index is 13.0. The number of fused-ring (bicyclic) bond motifs is 1. The van der Waals surface area contributed by atoms with Crippen molar-refractivity contribution >= 4 is 40.2 Å². The van der Waals surface area contributed by atoms with E-state index < -0.39 is 0 Å². The summed E-state index contributed by atoms with van der Waals surface area (Å²) in [5.74, 6) is 0.728. The molecular formula is C21H28ClN3O2S. The molecule has 0 radical (unpaired) electrons. The second-order valence-electron chi connectivity index (χ2n) is 7.80. The highest BCUT2D eigenvalue weighted by molar-refractivity contribution is 7.99. The molecule has 2 heterocycles. The summed E-state index contributed by atoms with van der Waals surface area (Å²) in [7, 11) is 0. The molecule has 0 saturated carbocycles. The summed E-state index contributed by atoms with van der Waals surface area (Å²) in [4.78, 5) is 32.5. The van der Waals surface area contributed by atoms with Crippen LogP contribution in [0, 0.1) is 5.92 Å². The molecule has 0 aliphatic carbocycles. The summed E-state index contributed by atoms with van der Waals surface area (Å²) < 4.78 is 1.70. The molecule has 1 aliphatic heterocycles. The number of carbonyl (C=O) groups excluding carboxylic acids is 1. The minimum absolute atomic E-state index is 0.0743. The van der Waals surface area contributed by atoms with Crippen LogP contribution >= 0.6 is 23.4 Å². The predicted octanol–water partition coefficient (Wildman–Crippen LogP) is 4.59. The number of aromatic nitrogens is 2. The Bertz CT molecular complexity index is 912. The van der Waals surface area contributed by atoms with E-state index in [1.165, 1.54) is 18.2 Å². The van der Waals surface area contributed by atoms with Gasteiger partial charge in [-0.1, -0.05) is 44.1 Å². The van der Waals surface area contributed by atoms with Crippen LogP contribution in [0.1, 0.15) is 46.5 Å². The Morgan fingerprint density at radius 3 is 2.86 bits per heavy atom. The molecule has 1 aromatic carbocycles. The number of amides is 1. The molecule has 1 amide bonds. The third-order valence-corrected chi connectivity index (χ3v) is 6.37. The molecule has 5 nitrogen and oxygen atoms in total. The van der Waals surface area contributed by atoms with Crippen molar-refractivity contribution in [3.63, 3.8) is 0 Å². The van der Waals surface area contributed by atoms with Crippen LogP contribution in [0.25, 0.3) is 10.9 Å². The van der Waals surface area contributed by atoms with E-state index in [0.29, 0.717) is 45.3 Å². The molecule has 1 fully saturated rings. The number of carbonyl (C=O) groups is 1. The van der Waals surface area contributed by atoms with Gasteiger partial charge >= 0.3 is 0 Å². The van der Waals surface area contributed by atoms with Gasteiger partial charge in [-0.05, 0) is 49.8 Å². The van der Waals surface area contributed by atoms with Gasteiger partial charge in [0.15, 0.2) is 5.16 Å². The zero-order valence-corrected chi connectivity index (χ0v) is 18.4. The first-order valence-electron chi connectivity index (χ1n) is 10.0. The van der Waals surface area contributed by atoms with Crippen LogP contribution < -0.4 is 5.56 Å². The summed E-state index contributed by atoms with van der Waals surface area (Å²) >= 11 is 7.45. The normalized spacial score (nSPS) is 17.5. The fraction of sp³-hybridized carbons (Fsp3) is 0.571. The van der Waals surface area contributed by atoms with Gasteiger partial charge in [0.05, 0.1) is 16.7 Å². The highest BCUT2D eigenvalue weighted by Crippen LogP contribution is 2.24. The van der Waals surface area contributed by atoms with E-state index in [4.69, 9.17) is 11.6 Å². The lowest BCUT2D eigenvalue weighted by atomic mass is 10.0. The minimum Gasteiger partial charge on any atom is -0.339 e. The number of hydrogen-bond acceptors (Lipinski definition) is 4. The highest BCUT2D eigenvalue weighted by atomic mass is 35.5. The number of halogens is 1. The summed E-state index contributed by atoms with van der Waals surface area (Å²) in [6.07, 6.45) is 4.33. The minimum atomic E-state index is -0.0743. The molecule has 1 aliphatic rings. The largest absolute Gasteiger partial charge is 0.339 e. The maximum Gasteiger partial charge on any atom is 0.262 e. The Morgan fingerprint density at radius 2 is 2.14 bits per heavy atom. The Kier molecular flexibility index (Phi) is 7.05. The Morgan fingerprint density at radius 1 is 1.36 bits per heavy atom. The molecule has 0 unspecified atom stereocenters. The third kappa shape index (κ3) is 4.71. The molecule has 0 spiro atoms. The van der Waals surface area contributed by atoms with E-state index in [1.807, 2.05) is 4.90 Å². The smallest absolute Gasteiger partial charge is 0.262 e. The molecule has 0 bridgehead atoms. The van der Waals surface area contributed by atoms with Crippen LogP contribution in [-0.4, -0.2) is 38.7 Å². The lowest BCUT2D eigenvalue weighted by Crippen LogP contribution is -2.44. The number of likely N-dealkylation sites (tertiary alicyclic amines) is 1. The highest BCUT2D eigenvalue weighted by Gasteiger charge is 2.25. The second-order valence-corrected chi connectivity index (χ2v) is 9.18. The molecule has 7 heteroatoms. The van der Waals surface area contributed by atoms with E-state index in [0.717, 1.165) is 25.8 Å². The van der Waals surface area contributed by atoms with E-state index in [2.05, 4.69) is 25.8 Å². The Balaban J connectivity index is 1.88. The molecule has 28 heavy (non-hydrogen) atoms. The molecule has 1 aromatic heterocycles.